The highest BCUT2D eigenvalue weighted by Crippen LogP contribution is 2.41. The smallest absolute Gasteiger partial charge is 0.336 e. The molecule has 0 saturated carbocycles. The molecular formula is C26H25N3O5S. The number of rotatable bonds is 6. The van der Waals surface area contributed by atoms with E-state index in [0.29, 0.717) is 33.4 Å². The highest BCUT2D eigenvalue weighted by atomic mass is 32.1. The molecule has 180 valence electrons. The summed E-state index contributed by atoms with van der Waals surface area (Å²) in [5, 5.41) is 15.9. The minimum Gasteiger partial charge on any atom is -0.507 e. The van der Waals surface area contributed by atoms with E-state index in [-0.39, 0.29) is 5.75 Å². The van der Waals surface area contributed by atoms with Crippen molar-refractivity contribution in [3.63, 3.8) is 0 Å². The molecule has 0 radical (unpaired) electrons. The average Bonchev–Trinajstić information content (AvgIpc) is 3.31. The van der Waals surface area contributed by atoms with Crippen molar-refractivity contribution in [2.75, 3.05) is 19.5 Å². The van der Waals surface area contributed by atoms with Gasteiger partial charge in [-0.1, -0.05) is 24.3 Å². The largest absolute Gasteiger partial charge is 0.507 e. The zero-order valence-electron chi connectivity index (χ0n) is 19.7. The molecule has 35 heavy (non-hydrogen) atoms. The van der Waals surface area contributed by atoms with E-state index in [1.54, 1.807) is 32.0 Å². The van der Waals surface area contributed by atoms with Crippen molar-refractivity contribution in [3.05, 3.63) is 70.7 Å². The lowest BCUT2D eigenvalue weighted by Crippen LogP contribution is -2.36. The molecule has 0 amide bonds. The van der Waals surface area contributed by atoms with Gasteiger partial charge in [-0.05, 0) is 43.7 Å². The number of methoxy groups -OCH3 is 2. The number of carbonyl (C=O) groups is 2. The van der Waals surface area contributed by atoms with E-state index in [0.717, 1.165) is 11.3 Å². The van der Waals surface area contributed by atoms with Crippen molar-refractivity contribution in [3.8, 4) is 17.0 Å². The Balaban J connectivity index is 1.70. The van der Waals surface area contributed by atoms with Gasteiger partial charge in [0.15, 0.2) is 5.13 Å². The molecule has 9 heteroatoms. The number of aromatic nitrogens is 1. The Morgan fingerprint density at radius 1 is 1.06 bits per heavy atom. The summed E-state index contributed by atoms with van der Waals surface area (Å²) in [6.45, 7) is 3.48. The molecule has 3 aromatic rings. The normalized spacial score (nSPS) is 17.5. The molecule has 0 bridgehead atoms. The third kappa shape index (κ3) is 4.81. The zero-order chi connectivity index (χ0) is 25.1. The number of hydrogen-bond acceptors (Lipinski definition) is 9. The van der Waals surface area contributed by atoms with Gasteiger partial charge in [0.1, 0.15) is 11.7 Å². The van der Waals surface area contributed by atoms with Gasteiger partial charge in [0.2, 0.25) is 0 Å². The Kier molecular flexibility index (Phi) is 6.97. The van der Waals surface area contributed by atoms with Gasteiger partial charge in [-0.15, -0.1) is 11.3 Å². The van der Waals surface area contributed by atoms with Crippen molar-refractivity contribution in [1.29, 1.82) is 0 Å². The average molecular weight is 492 g/mol. The van der Waals surface area contributed by atoms with Gasteiger partial charge in [0.25, 0.3) is 0 Å². The Hall–Kier alpha value is -3.98. The minimum absolute atomic E-state index is 0.159. The van der Waals surface area contributed by atoms with Crippen LogP contribution in [0.3, 0.4) is 0 Å². The topological polar surface area (TPSA) is 110 Å². The van der Waals surface area contributed by atoms with Crippen LogP contribution in [0.4, 0.5) is 10.8 Å². The number of hydrogen-bond donors (Lipinski definition) is 2. The molecule has 2 atom stereocenters. The van der Waals surface area contributed by atoms with Gasteiger partial charge in [0, 0.05) is 34.0 Å². The molecule has 2 aromatic carbocycles. The van der Waals surface area contributed by atoms with Gasteiger partial charge in [-0.3, -0.25) is 9.79 Å². The maximum absolute atomic E-state index is 12.7. The van der Waals surface area contributed by atoms with Crippen molar-refractivity contribution in [2.24, 2.45) is 10.9 Å². The number of nitrogens with one attached hydrogen (secondary N) is 1. The van der Waals surface area contributed by atoms with Gasteiger partial charge in [-0.25, -0.2) is 9.78 Å². The Bertz CT molecular complexity index is 1340. The van der Waals surface area contributed by atoms with Crippen LogP contribution in [0.25, 0.3) is 11.3 Å². The van der Waals surface area contributed by atoms with E-state index < -0.39 is 23.8 Å². The van der Waals surface area contributed by atoms with Crippen molar-refractivity contribution in [2.45, 2.75) is 19.8 Å². The fourth-order valence-electron chi connectivity index (χ4n) is 4.28. The number of thiazole rings is 1. The van der Waals surface area contributed by atoms with Crippen molar-refractivity contribution >= 4 is 39.8 Å². The summed E-state index contributed by atoms with van der Waals surface area (Å²) in [5.41, 5.74) is 4.16. The predicted octanol–water partition coefficient (Wildman–Crippen LogP) is 5.05. The molecular weight excluding hydrogens is 466 g/mol. The van der Waals surface area contributed by atoms with Crippen LogP contribution in [0, 0.1) is 5.92 Å². The summed E-state index contributed by atoms with van der Waals surface area (Å²) in [7, 11) is 2.62. The van der Waals surface area contributed by atoms with E-state index in [2.05, 4.69) is 15.3 Å². The lowest BCUT2D eigenvalue weighted by Gasteiger charge is -2.31. The van der Waals surface area contributed by atoms with Crippen LogP contribution in [0.2, 0.25) is 0 Å². The standard InChI is InChI=1S/C26H25N3O5S/c1-14-21(24(31)33-3)23(22(15(2)27-14)25(32)34-4)16-8-7-9-17(12-16)28-26-29-19(13-35-26)18-10-5-6-11-20(18)30/h5-13,21,23,30H,1-4H3,(H,28,29). The minimum atomic E-state index is -0.763. The highest BCUT2D eigenvalue weighted by Gasteiger charge is 2.42. The Labute approximate surface area is 207 Å². The van der Waals surface area contributed by atoms with E-state index >= 15 is 0 Å². The lowest BCUT2D eigenvalue weighted by molar-refractivity contribution is -0.143. The van der Waals surface area contributed by atoms with E-state index in [4.69, 9.17) is 9.47 Å². The number of ether oxygens (including phenoxy) is 2. The van der Waals surface area contributed by atoms with E-state index in [9.17, 15) is 14.7 Å². The number of esters is 2. The molecule has 2 heterocycles. The molecule has 0 spiro atoms. The molecule has 1 aliphatic heterocycles. The first-order valence-corrected chi connectivity index (χ1v) is 11.7. The van der Waals surface area contributed by atoms with Crippen LogP contribution in [0.1, 0.15) is 25.3 Å². The first-order valence-electron chi connectivity index (χ1n) is 10.9. The molecule has 0 fully saturated rings. The summed E-state index contributed by atoms with van der Waals surface area (Å²) in [5.74, 6) is -2.24. The fraction of sp³-hybridized carbons (Fsp3) is 0.231. The number of phenols is 1. The molecule has 2 N–H and O–H groups in total. The molecule has 1 aromatic heterocycles. The van der Waals surface area contributed by atoms with Crippen LogP contribution in [0.15, 0.2) is 70.2 Å². The maximum atomic E-state index is 12.7. The second kappa shape index (κ2) is 10.1. The number of allylic oxidation sites excluding steroid dienone is 1. The number of anilines is 2. The van der Waals surface area contributed by atoms with Gasteiger partial charge < -0.3 is 19.9 Å². The van der Waals surface area contributed by atoms with Crippen LogP contribution in [-0.4, -0.2) is 42.0 Å². The monoisotopic (exact) mass is 491 g/mol. The lowest BCUT2D eigenvalue weighted by atomic mass is 9.75. The number of aromatic hydroxyl groups is 1. The van der Waals surface area contributed by atoms with E-state index in [1.807, 2.05) is 35.7 Å². The van der Waals surface area contributed by atoms with Gasteiger partial charge in [-0.2, -0.15) is 0 Å². The first-order chi connectivity index (χ1) is 16.8. The van der Waals surface area contributed by atoms with Crippen LogP contribution >= 0.6 is 11.3 Å². The van der Waals surface area contributed by atoms with Crippen LogP contribution in [-0.2, 0) is 19.1 Å². The number of nitrogens with zero attached hydrogens (tertiary/aromatic N) is 2. The number of aliphatic imine (C=N–C) groups is 1. The maximum Gasteiger partial charge on any atom is 0.336 e. The summed E-state index contributed by atoms with van der Waals surface area (Å²) < 4.78 is 10.1. The predicted molar refractivity (Wildman–Crippen MR) is 135 cm³/mol. The summed E-state index contributed by atoms with van der Waals surface area (Å²) in [6.07, 6.45) is 0. The van der Waals surface area contributed by atoms with Crippen LogP contribution in [0.5, 0.6) is 5.75 Å². The number of benzene rings is 2. The number of para-hydroxylation sites is 1. The molecule has 4 rings (SSSR count). The quantitative estimate of drug-likeness (QED) is 0.464. The summed E-state index contributed by atoms with van der Waals surface area (Å²) >= 11 is 1.40. The Morgan fingerprint density at radius 3 is 2.54 bits per heavy atom. The molecule has 0 aliphatic carbocycles. The first kappa shape index (κ1) is 24.2. The second-order valence-electron chi connectivity index (χ2n) is 8.03. The fourth-order valence-corrected chi connectivity index (χ4v) is 5.01. The SMILES string of the molecule is COC(=O)C1=C(C)N=C(C)C(C(=O)OC)C1c1cccc(Nc2nc(-c3ccccc3O)cs2)c1. The summed E-state index contributed by atoms with van der Waals surface area (Å²) in [4.78, 5) is 34.5. The molecule has 1 aliphatic rings. The van der Waals surface area contributed by atoms with Gasteiger partial charge in [0.05, 0.1) is 25.5 Å². The third-order valence-electron chi connectivity index (χ3n) is 5.87. The zero-order valence-corrected chi connectivity index (χ0v) is 20.6. The molecule has 0 saturated heterocycles. The second-order valence-corrected chi connectivity index (χ2v) is 8.89. The number of phenolic OH excluding ortho intramolecular Hbond substituents is 1. The summed E-state index contributed by atoms with van der Waals surface area (Å²) in [6, 6.07) is 14.5. The molecule has 8 nitrogen and oxygen atoms in total. The van der Waals surface area contributed by atoms with Crippen molar-refractivity contribution in [1.82, 2.24) is 4.98 Å². The number of carbonyl (C=O) groups excluding carboxylic acids is 2. The van der Waals surface area contributed by atoms with Crippen molar-refractivity contribution < 1.29 is 24.2 Å². The third-order valence-corrected chi connectivity index (χ3v) is 6.63. The van der Waals surface area contributed by atoms with E-state index in [1.165, 1.54) is 25.6 Å². The molecule has 2 unspecified atom stereocenters. The highest BCUT2D eigenvalue weighted by molar-refractivity contribution is 7.14. The van der Waals surface area contributed by atoms with Crippen LogP contribution < -0.4 is 5.32 Å². The van der Waals surface area contributed by atoms with Gasteiger partial charge >= 0.3 is 11.9 Å². The Morgan fingerprint density at radius 2 is 1.83 bits per heavy atom.